The van der Waals surface area contributed by atoms with E-state index in [4.69, 9.17) is 0 Å². The summed E-state index contributed by atoms with van der Waals surface area (Å²) in [4.78, 5) is 25.3. The van der Waals surface area contributed by atoms with E-state index in [-0.39, 0.29) is 11.8 Å². The Labute approximate surface area is 111 Å². The predicted molar refractivity (Wildman–Crippen MR) is 69.9 cm³/mol. The maximum atomic E-state index is 12.3. The molecule has 0 saturated carbocycles. The lowest BCUT2D eigenvalue weighted by Crippen LogP contribution is -2.42. The van der Waals surface area contributed by atoms with Crippen molar-refractivity contribution in [1.82, 2.24) is 4.90 Å². The van der Waals surface area contributed by atoms with Gasteiger partial charge in [0.05, 0.1) is 12.5 Å². The highest BCUT2D eigenvalue weighted by molar-refractivity contribution is 6.02. The van der Waals surface area contributed by atoms with E-state index < -0.39 is 6.10 Å². The molecular formula is C14H16N2O3. The quantitative estimate of drug-likeness (QED) is 0.784. The Bertz CT molecular complexity index is 541. The fourth-order valence-electron chi connectivity index (χ4n) is 2.67. The number of nitrogens with zero attached hydrogens (tertiary/aromatic N) is 1. The van der Waals surface area contributed by atoms with Gasteiger partial charge in [-0.1, -0.05) is 6.07 Å². The lowest BCUT2D eigenvalue weighted by Gasteiger charge is -2.30. The summed E-state index contributed by atoms with van der Waals surface area (Å²) in [5.74, 6) is -0.115. The molecule has 2 amide bonds. The SMILES string of the molecule is O=C1Cc2ccc(C(=O)N3CCC[C@H](O)C3)cc2N1. The molecule has 1 aromatic rings. The Hall–Kier alpha value is -1.88. The molecule has 2 N–H and O–H groups in total. The zero-order valence-corrected chi connectivity index (χ0v) is 10.6. The van der Waals surface area contributed by atoms with Crippen molar-refractivity contribution in [3.8, 4) is 0 Å². The molecule has 0 unspecified atom stereocenters. The molecule has 0 bridgehead atoms. The van der Waals surface area contributed by atoms with Crippen LogP contribution in [0, 0.1) is 0 Å². The molecule has 1 fully saturated rings. The molecule has 0 aromatic heterocycles. The molecule has 1 atom stereocenters. The van der Waals surface area contributed by atoms with Crippen molar-refractivity contribution >= 4 is 17.5 Å². The van der Waals surface area contributed by atoms with Crippen molar-refractivity contribution in [3.63, 3.8) is 0 Å². The lowest BCUT2D eigenvalue weighted by molar-refractivity contribution is -0.115. The molecular weight excluding hydrogens is 244 g/mol. The van der Waals surface area contributed by atoms with E-state index in [2.05, 4.69) is 5.32 Å². The van der Waals surface area contributed by atoms with Crippen molar-refractivity contribution in [2.24, 2.45) is 0 Å². The number of fused-ring (bicyclic) bond motifs is 1. The highest BCUT2D eigenvalue weighted by atomic mass is 16.3. The van der Waals surface area contributed by atoms with Crippen molar-refractivity contribution in [3.05, 3.63) is 29.3 Å². The van der Waals surface area contributed by atoms with Crippen molar-refractivity contribution in [2.75, 3.05) is 18.4 Å². The third kappa shape index (κ3) is 2.33. The van der Waals surface area contributed by atoms with E-state index >= 15 is 0 Å². The number of hydrogen-bond acceptors (Lipinski definition) is 3. The number of carbonyl (C=O) groups excluding carboxylic acids is 2. The number of likely N-dealkylation sites (tertiary alicyclic amines) is 1. The van der Waals surface area contributed by atoms with Gasteiger partial charge >= 0.3 is 0 Å². The molecule has 19 heavy (non-hydrogen) atoms. The van der Waals surface area contributed by atoms with Crippen LogP contribution in [-0.4, -0.2) is 41.0 Å². The van der Waals surface area contributed by atoms with Gasteiger partial charge in [0.25, 0.3) is 5.91 Å². The van der Waals surface area contributed by atoms with Crippen LogP contribution < -0.4 is 5.32 Å². The first-order valence-corrected chi connectivity index (χ1v) is 6.53. The monoisotopic (exact) mass is 260 g/mol. The highest BCUT2D eigenvalue weighted by Gasteiger charge is 2.25. The topological polar surface area (TPSA) is 69.6 Å². The first kappa shape index (κ1) is 12.2. The second kappa shape index (κ2) is 4.66. The maximum Gasteiger partial charge on any atom is 0.254 e. The minimum atomic E-state index is -0.424. The first-order chi connectivity index (χ1) is 9.13. The van der Waals surface area contributed by atoms with Gasteiger partial charge in [0, 0.05) is 24.3 Å². The number of nitrogens with one attached hydrogen (secondary N) is 1. The fourth-order valence-corrected chi connectivity index (χ4v) is 2.67. The number of piperidine rings is 1. The molecule has 2 heterocycles. The standard InChI is InChI=1S/C14H16N2O3/c17-11-2-1-5-16(8-11)14(19)10-4-3-9-7-13(18)15-12(9)6-10/h3-4,6,11,17H,1-2,5,7-8H2,(H,15,18)/t11-/m0/s1. The van der Waals surface area contributed by atoms with Crippen molar-refractivity contribution in [2.45, 2.75) is 25.4 Å². The van der Waals surface area contributed by atoms with Crippen LogP contribution in [0.1, 0.15) is 28.8 Å². The number of aliphatic hydroxyl groups is 1. The molecule has 0 aliphatic carbocycles. The summed E-state index contributed by atoms with van der Waals surface area (Å²) in [7, 11) is 0. The van der Waals surface area contributed by atoms with Crippen LogP contribution in [0.5, 0.6) is 0 Å². The van der Waals surface area contributed by atoms with Crippen molar-refractivity contribution in [1.29, 1.82) is 0 Å². The summed E-state index contributed by atoms with van der Waals surface area (Å²) in [6, 6.07) is 5.30. The van der Waals surface area contributed by atoms with Crippen LogP contribution in [0.25, 0.3) is 0 Å². The lowest BCUT2D eigenvalue weighted by atomic mass is 10.0. The Morgan fingerprint density at radius 1 is 1.42 bits per heavy atom. The van der Waals surface area contributed by atoms with E-state index in [1.165, 1.54) is 0 Å². The Balaban J connectivity index is 1.81. The van der Waals surface area contributed by atoms with Gasteiger partial charge in [-0.05, 0) is 30.5 Å². The fraction of sp³-hybridized carbons (Fsp3) is 0.429. The third-order valence-electron chi connectivity index (χ3n) is 3.67. The van der Waals surface area contributed by atoms with Gasteiger partial charge in [-0.3, -0.25) is 9.59 Å². The number of aliphatic hydroxyl groups excluding tert-OH is 1. The average Bonchev–Trinajstić information content (AvgIpc) is 2.76. The largest absolute Gasteiger partial charge is 0.391 e. The van der Waals surface area contributed by atoms with E-state index in [0.717, 1.165) is 24.1 Å². The zero-order chi connectivity index (χ0) is 13.4. The van der Waals surface area contributed by atoms with Crippen LogP contribution in [0.15, 0.2) is 18.2 Å². The number of rotatable bonds is 1. The minimum absolute atomic E-state index is 0.0343. The second-order valence-electron chi connectivity index (χ2n) is 5.14. The van der Waals surface area contributed by atoms with Crippen LogP contribution >= 0.6 is 0 Å². The molecule has 100 valence electrons. The van der Waals surface area contributed by atoms with E-state index in [1.54, 1.807) is 17.0 Å². The molecule has 2 aliphatic heterocycles. The molecule has 3 rings (SSSR count). The van der Waals surface area contributed by atoms with E-state index in [9.17, 15) is 14.7 Å². The van der Waals surface area contributed by atoms with E-state index in [1.807, 2.05) is 6.07 Å². The number of carbonyl (C=O) groups is 2. The number of hydrogen-bond donors (Lipinski definition) is 2. The molecule has 1 aromatic carbocycles. The third-order valence-corrected chi connectivity index (χ3v) is 3.67. The minimum Gasteiger partial charge on any atom is -0.391 e. The summed E-state index contributed by atoms with van der Waals surface area (Å²) in [6.45, 7) is 1.07. The van der Waals surface area contributed by atoms with Crippen LogP contribution in [0.2, 0.25) is 0 Å². The predicted octanol–water partition coefficient (Wildman–Crippen LogP) is 0.778. The van der Waals surface area contributed by atoms with Crippen LogP contribution in [-0.2, 0) is 11.2 Å². The Kier molecular flexibility index (Phi) is 2.98. The summed E-state index contributed by atoms with van der Waals surface area (Å²) >= 11 is 0. The molecule has 0 spiro atoms. The summed E-state index contributed by atoms with van der Waals surface area (Å²) in [5.41, 5.74) is 2.23. The molecule has 1 saturated heterocycles. The second-order valence-corrected chi connectivity index (χ2v) is 5.14. The zero-order valence-electron chi connectivity index (χ0n) is 10.6. The molecule has 2 aliphatic rings. The van der Waals surface area contributed by atoms with Gasteiger partial charge in [0.2, 0.25) is 5.91 Å². The molecule has 0 radical (unpaired) electrons. The van der Waals surface area contributed by atoms with Crippen LogP contribution in [0.3, 0.4) is 0 Å². The summed E-state index contributed by atoms with van der Waals surface area (Å²) in [5, 5.41) is 12.4. The van der Waals surface area contributed by atoms with Crippen LogP contribution in [0.4, 0.5) is 5.69 Å². The van der Waals surface area contributed by atoms with E-state index in [0.29, 0.717) is 25.1 Å². The Morgan fingerprint density at radius 2 is 2.26 bits per heavy atom. The molecule has 5 nitrogen and oxygen atoms in total. The van der Waals surface area contributed by atoms with Gasteiger partial charge in [-0.25, -0.2) is 0 Å². The number of amides is 2. The number of β-amino-alcohol motifs (C(OH)–C–C–N with tert-alkyl or cyclic N) is 1. The first-order valence-electron chi connectivity index (χ1n) is 6.53. The maximum absolute atomic E-state index is 12.3. The molecule has 5 heteroatoms. The van der Waals surface area contributed by atoms with Gasteiger partial charge in [0.1, 0.15) is 0 Å². The number of benzene rings is 1. The van der Waals surface area contributed by atoms with Crippen molar-refractivity contribution < 1.29 is 14.7 Å². The van der Waals surface area contributed by atoms with Gasteiger partial charge in [0.15, 0.2) is 0 Å². The summed E-state index contributed by atoms with van der Waals surface area (Å²) < 4.78 is 0. The van der Waals surface area contributed by atoms with Gasteiger partial charge < -0.3 is 15.3 Å². The van der Waals surface area contributed by atoms with Gasteiger partial charge in [-0.2, -0.15) is 0 Å². The Morgan fingerprint density at radius 3 is 3.05 bits per heavy atom. The normalized spacial score (nSPS) is 22.1. The average molecular weight is 260 g/mol. The summed E-state index contributed by atoms with van der Waals surface area (Å²) in [6.07, 6.45) is 1.54. The smallest absolute Gasteiger partial charge is 0.254 e. The highest BCUT2D eigenvalue weighted by Crippen LogP contribution is 2.25. The number of anilines is 1. The van der Waals surface area contributed by atoms with Gasteiger partial charge in [-0.15, -0.1) is 0 Å².